The summed E-state index contributed by atoms with van der Waals surface area (Å²) < 4.78 is 11.8. The molecule has 1 aliphatic rings. The van der Waals surface area contributed by atoms with Crippen molar-refractivity contribution in [2.45, 2.75) is 5.63 Å². The minimum atomic E-state index is -0.787. The molecule has 1 atom stereocenters. The highest BCUT2D eigenvalue weighted by molar-refractivity contribution is 7.99. The van der Waals surface area contributed by atoms with Gasteiger partial charge in [-0.1, -0.05) is 0 Å². The summed E-state index contributed by atoms with van der Waals surface area (Å²) in [7, 11) is 0. The van der Waals surface area contributed by atoms with Crippen LogP contribution in [0.3, 0.4) is 0 Å². The minimum Gasteiger partial charge on any atom is -0.278 e. The van der Waals surface area contributed by atoms with Gasteiger partial charge in [-0.25, -0.2) is 4.39 Å². The van der Waals surface area contributed by atoms with Gasteiger partial charge in [-0.3, -0.25) is 5.32 Å². The Bertz CT molecular complexity index is 44.1. The highest BCUT2D eigenvalue weighted by Gasteiger charge is 2.10. The molecular weight excluding hydrogens is 101 g/mol. The quantitative estimate of drug-likeness (QED) is 0.454. The van der Waals surface area contributed by atoms with Gasteiger partial charge in [0.25, 0.3) is 0 Å². The summed E-state index contributed by atoms with van der Waals surface area (Å²) in [5.74, 6) is 0.918. The summed E-state index contributed by atoms with van der Waals surface area (Å²) in [6.07, 6.45) is 0. The van der Waals surface area contributed by atoms with Gasteiger partial charge in [-0.2, -0.15) is 0 Å². The number of halogens is 1. The molecule has 1 heterocycles. The Morgan fingerprint density at radius 3 is 2.83 bits per heavy atom. The lowest BCUT2D eigenvalue weighted by Gasteiger charge is -1.89. The predicted octanol–water partition coefficient (Wildman–Crippen LogP) is 0.576. The molecule has 3 heteroatoms. The molecule has 1 saturated heterocycles. The lowest BCUT2D eigenvalue weighted by atomic mass is 10.8. The fourth-order valence-corrected chi connectivity index (χ4v) is 1.07. The topological polar surface area (TPSA) is 12.0 Å². The van der Waals surface area contributed by atoms with Crippen LogP contribution in [0.1, 0.15) is 0 Å². The molecule has 0 aromatic carbocycles. The van der Waals surface area contributed by atoms with E-state index in [4.69, 9.17) is 0 Å². The number of hydrogen-bond donors (Lipinski definition) is 1. The summed E-state index contributed by atoms with van der Waals surface area (Å²) in [6.45, 7) is 0.825. The Labute approximate surface area is 40.3 Å². The van der Waals surface area contributed by atoms with Gasteiger partial charge in [-0.05, 0) is 0 Å². The second-order valence-electron chi connectivity index (χ2n) is 1.14. The Morgan fingerprint density at radius 2 is 2.67 bits per heavy atom. The van der Waals surface area contributed by atoms with Gasteiger partial charge in [0.1, 0.15) is 0 Å². The predicted molar refractivity (Wildman–Crippen MR) is 25.4 cm³/mol. The Hall–Kier alpha value is 0.240. The highest BCUT2D eigenvalue weighted by Crippen LogP contribution is 2.12. The number of thioether (sulfide) groups is 1. The van der Waals surface area contributed by atoms with E-state index in [1.165, 1.54) is 11.8 Å². The van der Waals surface area contributed by atoms with Gasteiger partial charge in [0.05, 0.1) is 0 Å². The zero-order chi connectivity index (χ0) is 4.41. The van der Waals surface area contributed by atoms with E-state index >= 15 is 0 Å². The third kappa shape index (κ3) is 0.849. The lowest BCUT2D eigenvalue weighted by Crippen LogP contribution is -2.13. The van der Waals surface area contributed by atoms with E-state index in [1.54, 1.807) is 0 Å². The Kier molecular flexibility index (Phi) is 1.32. The van der Waals surface area contributed by atoms with Crippen molar-refractivity contribution in [3.63, 3.8) is 0 Å². The van der Waals surface area contributed by atoms with Crippen LogP contribution >= 0.6 is 11.8 Å². The van der Waals surface area contributed by atoms with Crippen molar-refractivity contribution in [1.29, 1.82) is 0 Å². The van der Waals surface area contributed by atoms with Gasteiger partial charge in [0.2, 0.25) is 0 Å². The first kappa shape index (κ1) is 4.40. The van der Waals surface area contributed by atoms with Crippen LogP contribution in [0.5, 0.6) is 0 Å². The van der Waals surface area contributed by atoms with Gasteiger partial charge < -0.3 is 0 Å². The maximum Gasteiger partial charge on any atom is 0.198 e. The largest absolute Gasteiger partial charge is 0.278 e. The maximum absolute atomic E-state index is 11.8. The van der Waals surface area contributed by atoms with Crippen molar-refractivity contribution in [2.24, 2.45) is 0 Å². The summed E-state index contributed by atoms with van der Waals surface area (Å²) in [5, 5.41) is 2.62. The van der Waals surface area contributed by atoms with Crippen LogP contribution in [0, 0.1) is 0 Å². The molecule has 36 valence electrons. The fourth-order valence-electron chi connectivity index (χ4n) is 0.394. The first-order valence-electron chi connectivity index (χ1n) is 1.88. The smallest absolute Gasteiger partial charge is 0.198 e. The van der Waals surface area contributed by atoms with Gasteiger partial charge in [-0.15, -0.1) is 11.8 Å². The highest BCUT2D eigenvalue weighted by atomic mass is 32.2. The van der Waals surface area contributed by atoms with E-state index in [9.17, 15) is 4.39 Å². The van der Waals surface area contributed by atoms with Crippen LogP contribution in [0.2, 0.25) is 0 Å². The molecule has 6 heavy (non-hydrogen) atoms. The first-order valence-corrected chi connectivity index (χ1v) is 2.93. The fraction of sp³-hybridized carbons (Fsp3) is 1.00. The van der Waals surface area contributed by atoms with Crippen molar-refractivity contribution in [2.75, 3.05) is 12.3 Å². The average Bonchev–Trinajstić information content (AvgIpc) is 1.86. The molecule has 0 aromatic heterocycles. The Balaban J connectivity index is 2.18. The molecule has 1 aliphatic heterocycles. The molecule has 0 saturated carbocycles. The standard InChI is InChI=1S/C3H6FNS/c4-3-5-1-2-6-3/h3,5H,1-2H2. The van der Waals surface area contributed by atoms with Crippen molar-refractivity contribution >= 4 is 11.8 Å². The normalized spacial score (nSPS) is 34.5. The molecule has 1 unspecified atom stereocenters. The second kappa shape index (κ2) is 1.80. The van der Waals surface area contributed by atoms with Crippen LogP contribution in [-0.2, 0) is 0 Å². The molecule has 0 aromatic rings. The molecule has 1 fully saturated rings. The van der Waals surface area contributed by atoms with Crippen molar-refractivity contribution < 1.29 is 4.39 Å². The molecular formula is C3H6FNS. The SMILES string of the molecule is FC1NCCS1. The first-order chi connectivity index (χ1) is 2.89. The zero-order valence-corrected chi connectivity index (χ0v) is 4.09. The van der Waals surface area contributed by atoms with Gasteiger partial charge in [0, 0.05) is 12.3 Å². The zero-order valence-electron chi connectivity index (χ0n) is 3.28. The van der Waals surface area contributed by atoms with Gasteiger partial charge in [0.15, 0.2) is 5.63 Å². The van der Waals surface area contributed by atoms with Crippen LogP contribution < -0.4 is 5.32 Å². The molecule has 0 aliphatic carbocycles. The molecule has 1 N–H and O–H groups in total. The van der Waals surface area contributed by atoms with Crippen LogP contribution in [0.4, 0.5) is 4.39 Å². The van der Waals surface area contributed by atoms with E-state index in [2.05, 4.69) is 5.32 Å². The number of nitrogens with one attached hydrogen (secondary N) is 1. The van der Waals surface area contributed by atoms with Crippen molar-refractivity contribution in [3.05, 3.63) is 0 Å². The van der Waals surface area contributed by atoms with E-state index in [0.717, 1.165) is 12.3 Å². The van der Waals surface area contributed by atoms with E-state index in [0.29, 0.717) is 0 Å². The van der Waals surface area contributed by atoms with Crippen molar-refractivity contribution in [3.8, 4) is 0 Å². The summed E-state index contributed by atoms with van der Waals surface area (Å²) in [5.41, 5.74) is -0.787. The third-order valence-electron chi connectivity index (χ3n) is 0.671. The van der Waals surface area contributed by atoms with E-state index in [1.807, 2.05) is 0 Å². The minimum absolute atomic E-state index is 0.787. The molecule has 0 spiro atoms. The summed E-state index contributed by atoms with van der Waals surface area (Å²) in [4.78, 5) is 0. The Morgan fingerprint density at radius 1 is 1.83 bits per heavy atom. The lowest BCUT2D eigenvalue weighted by molar-refractivity contribution is 0.406. The number of rotatable bonds is 0. The molecule has 0 bridgehead atoms. The number of alkyl halides is 1. The van der Waals surface area contributed by atoms with E-state index < -0.39 is 5.63 Å². The van der Waals surface area contributed by atoms with Crippen molar-refractivity contribution in [1.82, 2.24) is 5.32 Å². The maximum atomic E-state index is 11.8. The van der Waals surface area contributed by atoms with E-state index in [-0.39, 0.29) is 0 Å². The number of hydrogen-bond acceptors (Lipinski definition) is 2. The van der Waals surface area contributed by atoms with Crippen LogP contribution in [0.15, 0.2) is 0 Å². The monoisotopic (exact) mass is 107 g/mol. The summed E-state index contributed by atoms with van der Waals surface area (Å²) >= 11 is 1.32. The second-order valence-corrected chi connectivity index (χ2v) is 2.30. The van der Waals surface area contributed by atoms with Crippen LogP contribution in [-0.4, -0.2) is 17.9 Å². The molecule has 1 nitrogen and oxygen atoms in total. The molecule has 0 radical (unpaired) electrons. The third-order valence-corrected chi connectivity index (χ3v) is 1.57. The van der Waals surface area contributed by atoms with Gasteiger partial charge >= 0.3 is 0 Å². The van der Waals surface area contributed by atoms with Crippen LogP contribution in [0.25, 0.3) is 0 Å². The average molecular weight is 107 g/mol. The summed E-state index contributed by atoms with van der Waals surface area (Å²) in [6, 6.07) is 0. The molecule has 0 amide bonds. The molecule has 1 rings (SSSR count).